The average Bonchev–Trinajstić information content (AvgIpc) is 2.20. The molecule has 0 saturated heterocycles. The van der Waals surface area contributed by atoms with Gasteiger partial charge in [0.1, 0.15) is 0 Å². The molecule has 0 unspecified atom stereocenters. The highest BCUT2D eigenvalue weighted by molar-refractivity contribution is 6.35. The second-order valence-corrected chi connectivity index (χ2v) is 4.28. The van der Waals surface area contributed by atoms with Crippen molar-refractivity contribution in [2.75, 3.05) is 0 Å². The van der Waals surface area contributed by atoms with Gasteiger partial charge in [0.15, 0.2) is 0 Å². The van der Waals surface area contributed by atoms with Crippen molar-refractivity contribution in [2.45, 2.75) is 6.92 Å². The highest BCUT2D eigenvalue weighted by atomic mass is 35.5. The number of aromatic amines is 1. The molecule has 2 aromatic rings. The number of benzene rings is 1. The smallest absolute Gasteiger partial charge is 0.305 e. The fraction of sp³-hybridized carbons (Fsp3) is 0.0909. The standard InChI is InChI=1S/C11H8Cl2N2O/c1-6-5-14-11(16)15-10(6)7-2-8(12)4-9(13)3-7/h2-5H,1H3,(H,14,15,16). The van der Waals surface area contributed by atoms with E-state index in [-0.39, 0.29) is 0 Å². The lowest BCUT2D eigenvalue weighted by Crippen LogP contribution is -2.11. The topological polar surface area (TPSA) is 45.8 Å². The van der Waals surface area contributed by atoms with Crippen molar-refractivity contribution in [1.29, 1.82) is 0 Å². The second-order valence-electron chi connectivity index (χ2n) is 3.40. The molecule has 0 radical (unpaired) electrons. The first-order valence-corrected chi connectivity index (χ1v) is 5.34. The Labute approximate surface area is 102 Å². The van der Waals surface area contributed by atoms with Crippen molar-refractivity contribution in [3.05, 3.63) is 50.5 Å². The zero-order valence-corrected chi connectivity index (χ0v) is 9.93. The number of hydrogen-bond donors (Lipinski definition) is 1. The second kappa shape index (κ2) is 4.28. The van der Waals surface area contributed by atoms with Crippen LogP contribution < -0.4 is 5.69 Å². The third-order valence-corrected chi connectivity index (χ3v) is 2.59. The third-order valence-electron chi connectivity index (χ3n) is 2.15. The van der Waals surface area contributed by atoms with Crippen molar-refractivity contribution >= 4 is 23.2 Å². The quantitative estimate of drug-likeness (QED) is 0.851. The van der Waals surface area contributed by atoms with Gasteiger partial charge in [-0.25, -0.2) is 9.78 Å². The molecule has 5 heteroatoms. The number of rotatable bonds is 1. The lowest BCUT2D eigenvalue weighted by atomic mass is 10.1. The SMILES string of the molecule is Cc1cnc(=O)[nH]c1-c1cc(Cl)cc(Cl)c1. The summed E-state index contributed by atoms with van der Waals surface area (Å²) in [4.78, 5) is 17.4. The molecule has 2 rings (SSSR count). The van der Waals surface area contributed by atoms with Gasteiger partial charge in [0.2, 0.25) is 0 Å². The van der Waals surface area contributed by atoms with Gasteiger partial charge >= 0.3 is 5.69 Å². The molecule has 0 aliphatic heterocycles. The number of nitrogens with one attached hydrogen (secondary N) is 1. The predicted molar refractivity (Wildman–Crippen MR) is 65.1 cm³/mol. The van der Waals surface area contributed by atoms with E-state index in [4.69, 9.17) is 23.2 Å². The van der Waals surface area contributed by atoms with Crippen LogP contribution in [0.4, 0.5) is 0 Å². The molecule has 1 aromatic carbocycles. The van der Waals surface area contributed by atoms with E-state index < -0.39 is 5.69 Å². The van der Waals surface area contributed by atoms with E-state index >= 15 is 0 Å². The summed E-state index contributed by atoms with van der Waals surface area (Å²) in [6.07, 6.45) is 1.52. The van der Waals surface area contributed by atoms with E-state index in [0.29, 0.717) is 15.7 Å². The summed E-state index contributed by atoms with van der Waals surface area (Å²) < 4.78 is 0. The largest absolute Gasteiger partial charge is 0.345 e. The summed E-state index contributed by atoms with van der Waals surface area (Å²) in [6.45, 7) is 1.85. The maximum atomic E-state index is 11.2. The van der Waals surface area contributed by atoms with Crippen molar-refractivity contribution < 1.29 is 0 Å². The molecule has 0 aliphatic carbocycles. The minimum atomic E-state index is -0.392. The summed E-state index contributed by atoms with van der Waals surface area (Å²) >= 11 is 11.8. The number of H-pyrrole nitrogens is 1. The van der Waals surface area contributed by atoms with E-state index in [1.165, 1.54) is 6.20 Å². The van der Waals surface area contributed by atoms with Crippen molar-refractivity contribution in [2.24, 2.45) is 0 Å². The predicted octanol–water partition coefficient (Wildman–Crippen LogP) is 3.05. The molecular formula is C11H8Cl2N2O. The minimum Gasteiger partial charge on any atom is -0.305 e. The normalized spacial score (nSPS) is 10.4. The Morgan fingerprint density at radius 2 is 1.81 bits per heavy atom. The molecule has 1 aromatic heterocycles. The van der Waals surface area contributed by atoms with Gasteiger partial charge in [-0.2, -0.15) is 0 Å². The molecular weight excluding hydrogens is 247 g/mol. The molecule has 0 saturated carbocycles. The summed E-state index contributed by atoms with van der Waals surface area (Å²) in [5.74, 6) is 0. The monoisotopic (exact) mass is 254 g/mol. The first-order chi connectivity index (χ1) is 7.56. The van der Waals surface area contributed by atoms with E-state index in [1.807, 2.05) is 6.92 Å². The van der Waals surface area contributed by atoms with Gasteiger partial charge in [0.25, 0.3) is 0 Å². The number of hydrogen-bond acceptors (Lipinski definition) is 2. The van der Waals surface area contributed by atoms with Crippen LogP contribution >= 0.6 is 23.2 Å². The summed E-state index contributed by atoms with van der Waals surface area (Å²) in [5, 5.41) is 1.05. The number of aryl methyl sites for hydroxylation is 1. The van der Waals surface area contributed by atoms with Crippen LogP contribution in [0.15, 0.2) is 29.2 Å². The average molecular weight is 255 g/mol. The van der Waals surface area contributed by atoms with Gasteiger partial charge in [-0.15, -0.1) is 0 Å². The summed E-state index contributed by atoms with van der Waals surface area (Å²) in [5.41, 5.74) is 1.92. The van der Waals surface area contributed by atoms with Gasteiger partial charge < -0.3 is 4.98 Å². The number of halogens is 2. The minimum absolute atomic E-state index is 0.392. The Morgan fingerprint density at radius 1 is 1.19 bits per heavy atom. The van der Waals surface area contributed by atoms with Crippen LogP contribution in [0.5, 0.6) is 0 Å². The van der Waals surface area contributed by atoms with Crippen molar-refractivity contribution in [3.8, 4) is 11.3 Å². The van der Waals surface area contributed by atoms with E-state index in [0.717, 1.165) is 11.1 Å². The molecule has 0 bridgehead atoms. The molecule has 82 valence electrons. The first-order valence-electron chi connectivity index (χ1n) is 4.58. The van der Waals surface area contributed by atoms with E-state index in [1.54, 1.807) is 18.2 Å². The zero-order chi connectivity index (χ0) is 11.7. The van der Waals surface area contributed by atoms with Crippen molar-refractivity contribution in [3.63, 3.8) is 0 Å². The molecule has 0 fully saturated rings. The van der Waals surface area contributed by atoms with Gasteiger partial charge in [-0.05, 0) is 30.7 Å². The van der Waals surface area contributed by atoms with E-state index in [2.05, 4.69) is 9.97 Å². The van der Waals surface area contributed by atoms with Crippen LogP contribution in [0.25, 0.3) is 11.3 Å². The molecule has 0 atom stereocenters. The van der Waals surface area contributed by atoms with Crippen LogP contribution in [-0.4, -0.2) is 9.97 Å². The fourth-order valence-electron chi connectivity index (χ4n) is 1.46. The Kier molecular flexibility index (Phi) is 2.99. The van der Waals surface area contributed by atoms with Gasteiger partial charge in [0.05, 0.1) is 5.69 Å². The maximum Gasteiger partial charge on any atom is 0.345 e. The van der Waals surface area contributed by atoms with Gasteiger partial charge in [-0.1, -0.05) is 23.2 Å². The molecule has 16 heavy (non-hydrogen) atoms. The lowest BCUT2D eigenvalue weighted by molar-refractivity contribution is 1.06. The first kappa shape index (κ1) is 11.2. The highest BCUT2D eigenvalue weighted by Gasteiger charge is 2.05. The number of nitrogens with zero attached hydrogens (tertiary/aromatic N) is 1. The highest BCUT2D eigenvalue weighted by Crippen LogP contribution is 2.26. The van der Waals surface area contributed by atoms with Crippen molar-refractivity contribution in [1.82, 2.24) is 9.97 Å². The summed E-state index contributed by atoms with van der Waals surface area (Å²) in [7, 11) is 0. The molecule has 0 spiro atoms. The zero-order valence-electron chi connectivity index (χ0n) is 8.42. The molecule has 1 N–H and O–H groups in total. The third kappa shape index (κ3) is 2.26. The van der Waals surface area contributed by atoms with Gasteiger partial charge in [-0.3, -0.25) is 0 Å². The van der Waals surface area contributed by atoms with E-state index in [9.17, 15) is 4.79 Å². The Hall–Kier alpha value is -1.32. The fourth-order valence-corrected chi connectivity index (χ4v) is 1.98. The Balaban J connectivity index is 2.66. The van der Waals surface area contributed by atoms with Crippen LogP contribution in [0.1, 0.15) is 5.56 Å². The maximum absolute atomic E-state index is 11.2. The molecule has 3 nitrogen and oxygen atoms in total. The van der Waals surface area contributed by atoms with Crippen LogP contribution in [-0.2, 0) is 0 Å². The molecule has 0 amide bonds. The molecule has 0 aliphatic rings. The van der Waals surface area contributed by atoms with Crippen LogP contribution in [0.3, 0.4) is 0 Å². The van der Waals surface area contributed by atoms with Crippen LogP contribution in [0, 0.1) is 6.92 Å². The van der Waals surface area contributed by atoms with Gasteiger partial charge in [0, 0.05) is 21.8 Å². The van der Waals surface area contributed by atoms with Crippen LogP contribution in [0.2, 0.25) is 10.0 Å². The molecule has 1 heterocycles. The summed E-state index contributed by atoms with van der Waals surface area (Å²) in [6, 6.07) is 5.12. The Bertz CT molecular complexity index is 573. The number of aromatic nitrogens is 2. The Morgan fingerprint density at radius 3 is 2.44 bits per heavy atom. The lowest BCUT2D eigenvalue weighted by Gasteiger charge is -2.05.